The normalized spacial score (nSPS) is 21.2. The van der Waals surface area contributed by atoms with Crippen LogP contribution < -0.4 is 5.32 Å². The van der Waals surface area contributed by atoms with Crippen molar-refractivity contribution in [1.82, 2.24) is 5.32 Å². The fourth-order valence-corrected chi connectivity index (χ4v) is 2.83. The summed E-state index contributed by atoms with van der Waals surface area (Å²) in [6, 6.07) is 4.76. The van der Waals surface area contributed by atoms with E-state index in [1.54, 1.807) is 0 Å². The fourth-order valence-electron chi connectivity index (χ4n) is 1.80. The molecule has 76 valence electrons. The zero-order chi connectivity index (χ0) is 9.97. The maximum Gasteiger partial charge on any atom is 0.220 e. The van der Waals surface area contributed by atoms with Crippen LogP contribution in [0, 0.1) is 0 Å². The van der Waals surface area contributed by atoms with Gasteiger partial charge < -0.3 is 5.32 Å². The second-order valence-electron chi connectivity index (χ2n) is 3.73. The van der Waals surface area contributed by atoms with Crippen LogP contribution in [-0.4, -0.2) is 11.9 Å². The molecule has 14 heavy (non-hydrogen) atoms. The lowest BCUT2D eigenvalue weighted by molar-refractivity contribution is -0.119. The summed E-state index contributed by atoms with van der Waals surface area (Å²) >= 11 is 1.87. The predicted molar refractivity (Wildman–Crippen MR) is 58.6 cm³/mol. The van der Waals surface area contributed by atoms with Gasteiger partial charge in [-0.3, -0.25) is 4.79 Å². The van der Waals surface area contributed by atoms with Gasteiger partial charge in [0, 0.05) is 28.6 Å². The predicted octanol–water partition coefficient (Wildman–Crippen LogP) is 2.13. The molecule has 2 nitrogen and oxygen atoms in total. The smallest absolute Gasteiger partial charge is 0.220 e. The van der Waals surface area contributed by atoms with E-state index in [4.69, 9.17) is 0 Å². The second kappa shape index (κ2) is 4.13. The van der Waals surface area contributed by atoms with E-state index in [2.05, 4.69) is 24.4 Å². The maximum atomic E-state index is 11.0. The maximum absolute atomic E-state index is 11.0. The number of amides is 1. The van der Waals surface area contributed by atoms with Crippen LogP contribution in [0.5, 0.6) is 0 Å². The van der Waals surface area contributed by atoms with Crippen LogP contribution in [0.3, 0.4) is 0 Å². The molecule has 1 saturated heterocycles. The Morgan fingerprint density at radius 1 is 1.50 bits per heavy atom. The van der Waals surface area contributed by atoms with Gasteiger partial charge in [0.15, 0.2) is 0 Å². The third-order valence-corrected chi connectivity index (χ3v) is 3.85. The molecule has 0 aliphatic carbocycles. The Bertz CT molecular complexity index is 332. The van der Waals surface area contributed by atoms with E-state index in [0.29, 0.717) is 12.5 Å². The quantitative estimate of drug-likeness (QED) is 0.812. The molecule has 2 heterocycles. The molecule has 1 aliphatic heterocycles. The first-order valence-electron chi connectivity index (χ1n) is 5.15. The van der Waals surface area contributed by atoms with Crippen molar-refractivity contribution in [2.45, 2.75) is 38.6 Å². The molecule has 1 atom stereocenters. The van der Waals surface area contributed by atoms with E-state index < -0.39 is 0 Å². The zero-order valence-corrected chi connectivity index (χ0v) is 9.19. The van der Waals surface area contributed by atoms with Gasteiger partial charge in [-0.15, -0.1) is 11.3 Å². The van der Waals surface area contributed by atoms with Crippen LogP contribution in [-0.2, 0) is 17.6 Å². The van der Waals surface area contributed by atoms with Gasteiger partial charge in [-0.05, 0) is 25.0 Å². The molecule has 3 heteroatoms. The van der Waals surface area contributed by atoms with Crippen molar-refractivity contribution in [2.75, 3.05) is 0 Å². The van der Waals surface area contributed by atoms with E-state index >= 15 is 0 Å². The fraction of sp³-hybridized carbons (Fsp3) is 0.545. The van der Waals surface area contributed by atoms with Crippen molar-refractivity contribution < 1.29 is 4.79 Å². The first kappa shape index (κ1) is 9.71. The molecule has 2 rings (SSSR count). The molecule has 1 aromatic rings. The largest absolute Gasteiger partial charge is 0.353 e. The molecular weight excluding hydrogens is 194 g/mol. The highest BCUT2D eigenvalue weighted by Crippen LogP contribution is 2.21. The summed E-state index contributed by atoms with van der Waals surface area (Å²) in [5.41, 5.74) is 0. The number of hydrogen-bond donors (Lipinski definition) is 1. The number of carbonyl (C=O) groups is 1. The van der Waals surface area contributed by atoms with Crippen molar-refractivity contribution in [2.24, 2.45) is 0 Å². The van der Waals surface area contributed by atoms with Crippen LogP contribution in [0.25, 0.3) is 0 Å². The first-order valence-corrected chi connectivity index (χ1v) is 5.96. The van der Waals surface area contributed by atoms with Gasteiger partial charge in [0.2, 0.25) is 5.91 Å². The number of rotatable bonds is 3. The van der Waals surface area contributed by atoms with Gasteiger partial charge in [0.25, 0.3) is 0 Å². The molecule has 0 bridgehead atoms. The lowest BCUT2D eigenvalue weighted by Crippen LogP contribution is -2.26. The molecule has 1 fully saturated rings. The van der Waals surface area contributed by atoms with E-state index in [0.717, 1.165) is 19.3 Å². The highest BCUT2D eigenvalue weighted by Gasteiger charge is 2.21. The number of aryl methyl sites for hydroxylation is 1. The molecule has 0 spiro atoms. The zero-order valence-electron chi connectivity index (χ0n) is 8.38. The molecule has 1 amide bonds. The van der Waals surface area contributed by atoms with Crippen LogP contribution >= 0.6 is 11.3 Å². The number of carbonyl (C=O) groups excluding carboxylic acids is 1. The number of hydrogen-bond acceptors (Lipinski definition) is 2. The Kier molecular flexibility index (Phi) is 2.87. The summed E-state index contributed by atoms with van der Waals surface area (Å²) in [5, 5.41) is 3.00. The minimum Gasteiger partial charge on any atom is -0.353 e. The Labute approximate surface area is 88.3 Å². The Morgan fingerprint density at radius 3 is 2.86 bits per heavy atom. The second-order valence-corrected chi connectivity index (χ2v) is 4.98. The number of nitrogens with one attached hydrogen (secondary N) is 1. The standard InChI is InChI=1S/C11H15NOS/c1-2-9-4-5-10(14-9)7-8-3-6-11(13)12-8/h4-5,8H,2-3,6-7H2,1H3,(H,12,13). The van der Waals surface area contributed by atoms with Crippen LogP contribution in [0.1, 0.15) is 29.5 Å². The van der Waals surface area contributed by atoms with Crippen molar-refractivity contribution in [1.29, 1.82) is 0 Å². The molecule has 1 unspecified atom stereocenters. The van der Waals surface area contributed by atoms with Gasteiger partial charge in [0.1, 0.15) is 0 Å². The van der Waals surface area contributed by atoms with Crippen LogP contribution in [0.15, 0.2) is 12.1 Å². The molecule has 1 aromatic heterocycles. The van der Waals surface area contributed by atoms with E-state index in [9.17, 15) is 4.79 Å². The molecule has 1 aliphatic rings. The molecule has 1 N–H and O–H groups in total. The van der Waals surface area contributed by atoms with Crippen molar-refractivity contribution >= 4 is 17.2 Å². The minimum atomic E-state index is 0.210. The summed E-state index contributed by atoms with van der Waals surface area (Å²) in [4.78, 5) is 13.8. The Morgan fingerprint density at radius 2 is 2.29 bits per heavy atom. The highest BCUT2D eigenvalue weighted by molar-refractivity contribution is 7.11. The average molecular weight is 209 g/mol. The van der Waals surface area contributed by atoms with E-state index in [-0.39, 0.29) is 5.91 Å². The lowest BCUT2D eigenvalue weighted by atomic mass is 10.1. The summed E-state index contributed by atoms with van der Waals surface area (Å²) < 4.78 is 0. The summed E-state index contributed by atoms with van der Waals surface area (Å²) in [6.07, 6.45) is 3.83. The molecule has 0 radical (unpaired) electrons. The van der Waals surface area contributed by atoms with Gasteiger partial charge in [0.05, 0.1) is 0 Å². The first-order chi connectivity index (χ1) is 6.78. The summed E-state index contributed by atoms with van der Waals surface area (Å²) in [6.45, 7) is 2.17. The third kappa shape index (κ3) is 2.15. The van der Waals surface area contributed by atoms with E-state index in [1.807, 2.05) is 11.3 Å². The Hall–Kier alpha value is -0.830. The SMILES string of the molecule is CCc1ccc(CC2CCC(=O)N2)s1. The summed E-state index contributed by atoms with van der Waals surface area (Å²) in [5.74, 6) is 0.210. The van der Waals surface area contributed by atoms with Gasteiger partial charge >= 0.3 is 0 Å². The molecule has 0 aromatic carbocycles. The molecule has 0 saturated carbocycles. The third-order valence-electron chi connectivity index (χ3n) is 2.60. The van der Waals surface area contributed by atoms with Crippen molar-refractivity contribution in [3.63, 3.8) is 0 Å². The van der Waals surface area contributed by atoms with Gasteiger partial charge in [-0.25, -0.2) is 0 Å². The lowest BCUT2D eigenvalue weighted by Gasteiger charge is -2.06. The van der Waals surface area contributed by atoms with Crippen molar-refractivity contribution in [3.05, 3.63) is 21.9 Å². The monoisotopic (exact) mass is 209 g/mol. The van der Waals surface area contributed by atoms with Gasteiger partial charge in [-0.1, -0.05) is 6.92 Å². The number of thiophene rings is 1. The van der Waals surface area contributed by atoms with E-state index in [1.165, 1.54) is 9.75 Å². The highest BCUT2D eigenvalue weighted by atomic mass is 32.1. The summed E-state index contributed by atoms with van der Waals surface area (Å²) in [7, 11) is 0. The van der Waals surface area contributed by atoms with Crippen molar-refractivity contribution in [3.8, 4) is 0 Å². The van der Waals surface area contributed by atoms with Crippen LogP contribution in [0.4, 0.5) is 0 Å². The molecular formula is C11H15NOS. The topological polar surface area (TPSA) is 29.1 Å². The van der Waals surface area contributed by atoms with Gasteiger partial charge in [-0.2, -0.15) is 0 Å². The average Bonchev–Trinajstić information content (AvgIpc) is 2.76. The van der Waals surface area contributed by atoms with Crippen LogP contribution in [0.2, 0.25) is 0 Å². The minimum absolute atomic E-state index is 0.210. The Balaban J connectivity index is 1.93.